The number of pyridine rings is 1. The highest BCUT2D eigenvalue weighted by molar-refractivity contribution is 5.85. The molecule has 0 aliphatic carbocycles. The van der Waals surface area contributed by atoms with Crippen molar-refractivity contribution in [3.05, 3.63) is 42.7 Å². The number of amides is 1. The number of anilines is 1. The minimum Gasteiger partial charge on any atom is -0.461 e. The van der Waals surface area contributed by atoms with Crippen LogP contribution in [0.2, 0.25) is 0 Å². The number of aliphatic hydroxyl groups is 1. The van der Waals surface area contributed by atoms with Gasteiger partial charge >= 0.3 is 18.0 Å². The van der Waals surface area contributed by atoms with E-state index < -0.39 is 89.7 Å². The van der Waals surface area contributed by atoms with Gasteiger partial charge in [-0.15, -0.1) is 0 Å². The number of imidazole rings is 1. The summed E-state index contributed by atoms with van der Waals surface area (Å²) < 4.78 is 40.4. The largest absolute Gasteiger partial charge is 0.461 e. The van der Waals surface area contributed by atoms with Crippen LogP contribution < -0.4 is 11.2 Å². The second-order valence-corrected chi connectivity index (χ2v) is 19.0. The number of nitrogen functional groups attached to an aromatic ring is 1. The van der Waals surface area contributed by atoms with Gasteiger partial charge in [0, 0.05) is 56.4 Å². The molecule has 6 heterocycles. The fourth-order valence-electron chi connectivity index (χ4n) is 10.4. The molecule has 3 aromatic heterocycles. The van der Waals surface area contributed by atoms with E-state index in [9.17, 15) is 19.5 Å². The van der Waals surface area contributed by atoms with Crippen molar-refractivity contribution in [2.75, 3.05) is 33.0 Å². The van der Waals surface area contributed by atoms with Crippen LogP contribution in [0.25, 0.3) is 11.2 Å². The van der Waals surface area contributed by atoms with Gasteiger partial charge in [0.2, 0.25) is 0 Å². The summed E-state index contributed by atoms with van der Waals surface area (Å²) in [7, 11) is 3.44. The van der Waals surface area contributed by atoms with Crippen molar-refractivity contribution in [3.8, 4) is 0 Å². The van der Waals surface area contributed by atoms with E-state index >= 15 is 4.79 Å². The standard InChI is InChI=1S/C47H71N9O11/c1-12-33-47(9)39(56(45(61)67-47)53-18-15-19-55-25-52-35-41(48)50-24-51-42(35)55)28(5)36(58)26(3)22-46(8,62-11)40(66-44-37(59)32(54(10)13-2)20-27(4)63-44)29(6)38(30(7)43(60)64-33)65-34(57)21-31-16-14-17-49-23-31/h14,16-17,23-30,32-33,37-40,44,53,59H,12-13,15,18-22H2,1-11H3,(H2,48,50,51)/t26-,27+,28+,29+,30-,32-,33-,37+,38+,39-,40-,44-,46-,47-/m1/s1. The topological polar surface area (TPSA) is 245 Å². The highest BCUT2D eigenvalue weighted by Gasteiger charge is 2.61. The first-order valence-electron chi connectivity index (χ1n) is 23.5. The number of aryl methyl sites for hydroxylation is 1. The van der Waals surface area contributed by atoms with Gasteiger partial charge in [0.25, 0.3) is 0 Å². The summed E-state index contributed by atoms with van der Waals surface area (Å²) in [5.74, 6) is -4.82. The number of aromatic nitrogens is 5. The van der Waals surface area contributed by atoms with E-state index in [0.29, 0.717) is 42.7 Å². The molecular formula is C47H71N9O11. The minimum absolute atomic E-state index is 0.0866. The number of fused-ring (bicyclic) bond motifs is 2. The molecule has 0 saturated carbocycles. The smallest absolute Gasteiger partial charge is 0.425 e. The van der Waals surface area contributed by atoms with Crippen LogP contribution in [0.1, 0.15) is 93.6 Å². The SMILES string of the molecule is CC[C@H]1OC(=O)[C@H](C)[C@@H](OC(=O)Cc2cccnc2)[C@H](C)[C@@H](O[C@H]2O[C@@H](C)C[C@@H](N(C)CC)[C@@H]2O)[C@](C)(OC)C[C@@H](C)C(=O)[C@H](C)[C@H]2N(NCCCn3cnc4c(N)ncnc43)C(=O)O[C@]12C. The van der Waals surface area contributed by atoms with E-state index in [1.54, 1.807) is 79.3 Å². The second kappa shape index (κ2) is 21.6. The molecule has 20 nitrogen and oxygen atoms in total. The zero-order valence-corrected chi connectivity index (χ0v) is 40.8. The first-order valence-corrected chi connectivity index (χ1v) is 23.5. The number of cyclic esters (lactones) is 1. The van der Waals surface area contributed by atoms with E-state index in [2.05, 4.69) is 25.4 Å². The van der Waals surface area contributed by atoms with E-state index in [1.807, 2.05) is 30.4 Å². The summed E-state index contributed by atoms with van der Waals surface area (Å²) >= 11 is 0. The van der Waals surface area contributed by atoms with Crippen molar-refractivity contribution < 1.29 is 52.7 Å². The summed E-state index contributed by atoms with van der Waals surface area (Å²) in [6.45, 7) is 17.6. The minimum atomic E-state index is -1.52. The Kier molecular flexibility index (Phi) is 16.6. The van der Waals surface area contributed by atoms with Crippen LogP contribution in [0.15, 0.2) is 37.2 Å². The molecule has 0 aromatic carbocycles. The van der Waals surface area contributed by atoms with Crippen LogP contribution in [-0.4, -0.2) is 151 Å². The fraction of sp³-hybridized carbons (Fsp3) is 0.702. The van der Waals surface area contributed by atoms with Crippen molar-refractivity contribution in [2.24, 2.45) is 23.7 Å². The van der Waals surface area contributed by atoms with E-state index in [1.165, 1.54) is 18.4 Å². The summed E-state index contributed by atoms with van der Waals surface area (Å²) in [5, 5.41) is 13.2. The highest BCUT2D eigenvalue weighted by atomic mass is 16.7. The summed E-state index contributed by atoms with van der Waals surface area (Å²) in [5.41, 5.74) is 8.03. The van der Waals surface area contributed by atoms with E-state index in [-0.39, 0.29) is 49.6 Å². The zero-order valence-electron chi connectivity index (χ0n) is 40.8. The van der Waals surface area contributed by atoms with Gasteiger partial charge in [-0.05, 0) is 78.6 Å². The Labute approximate surface area is 392 Å². The molecule has 6 rings (SSSR count). The first-order chi connectivity index (χ1) is 31.8. The number of nitrogens with two attached hydrogens (primary N) is 1. The van der Waals surface area contributed by atoms with Crippen LogP contribution >= 0.6 is 0 Å². The molecule has 0 bridgehead atoms. The number of ether oxygens (including phenoxy) is 6. The molecule has 0 unspecified atom stereocenters. The maximum absolute atomic E-state index is 15.0. The van der Waals surface area contributed by atoms with Gasteiger partial charge in [-0.3, -0.25) is 19.4 Å². The number of ketones is 1. The second-order valence-electron chi connectivity index (χ2n) is 19.0. The predicted octanol–water partition coefficient (Wildman–Crippen LogP) is 3.88. The van der Waals surface area contributed by atoms with E-state index in [0.717, 1.165) is 0 Å². The van der Waals surface area contributed by atoms with Gasteiger partial charge in [0.1, 0.15) is 42.0 Å². The average molecular weight is 938 g/mol. The van der Waals surface area contributed by atoms with Crippen molar-refractivity contribution in [2.45, 2.75) is 161 Å². The Hall–Kier alpha value is -4.86. The van der Waals surface area contributed by atoms with Crippen molar-refractivity contribution in [3.63, 3.8) is 0 Å². The number of Topliss-reactive ketones (excluding diaryl/α,β-unsaturated/α-hetero) is 1. The van der Waals surface area contributed by atoms with Crippen molar-refractivity contribution in [1.82, 2.24) is 39.8 Å². The quantitative estimate of drug-likeness (QED) is 0.118. The third-order valence-corrected chi connectivity index (χ3v) is 14.3. The number of aliphatic hydroxyl groups excluding tert-OH is 1. The highest BCUT2D eigenvalue weighted by Crippen LogP contribution is 2.43. The Morgan fingerprint density at radius 3 is 2.51 bits per heavy atom. The number of methoxy groups -OCH3 is 1. The Balaban J connectivity index is 1.37. The van der Waals surface area contributed by atoms with Gasteiger partial charge in [-0.25, -0.2) is 30.2 Å². The van der Waals surface area contributed by atoms with Gasteiger partial charge in [0.05, 0.1) is 36.5 Å². The number of hydrogen-bond donors (Lipinski definition) is 3. The molecule has 14 atom stereocenters. The molecule has 370 valence electrons. The number of carbonyl (C=O) groups is 4. The molecule has 67 heavy (non-hydrogen) atoms. The maximum Gasteiger partial charge on any atom is 0.425 e. The number of likely N-dealkylation sites (N-methyl/N-ethyl adjacent to an activating group) is 1. The number of hydrogen-bond acceptors (Lipinski definition) is 18. The lowest BCUT2D eigenvalue weighted by atomic mass is 9.73. The molecule has 1 amide bonds. The number of rotatable bonds is 14. The summed E-state index contributed by atoms with van der Waals surface area (Å²) in [6.07, 6.45) is 0.793. The van der Waals surface area contributed by atoms with E-state index in [4.69, 9.17) is 34.2 Å². The molecule has 3 aliphatic heterocycles. The lowest BCUT2D eigenvalue weighted by Crippen LogP contribution is -2.62. The maximum atomic E-state index is 15.0. The predicted molar refractivity (Wildman–Crippen MR) is 244 cm³/mol. The number of carbonyl (C=O) groups excluding carboxylic acids is 4. The van der Waals surface area contributed by atoms with Crippen LogP contribution in [0.5, 0.6) is 0 Å². The Morgan fingerprint density at radius 2 is 1.84 bits per heavy atom. The van der Waals surface area contributed by atoms with Crippen LogP contribution in [0.3, 0.4) is 0 Å². The summed E-state index contributed by atoms with van der Waals surface area (Å²) in [6, 6.07) is 2.20. The zero-order chi connectivity index (χ0) is 49.0. The number of nitrogens with zero attached hydrogens (tertiary/aromatic N) is 7. The monoisotopic (exact) mass is 938 g/mol. The number of nitrogens with one attached hydrogen (secondary N) is 1. The van der Waals surface area contributed by atoms with Gasteiger partial charge < -0.3 is 48.7 Å². The molecular weight excluding hydrogens is 867 g/mol. The van der Waals surface area contributed by atoms with Gasteiger partial charge in [-0.1, -0.05) is 40.7 Å². The Bertz CT molecular complexity index is 2180. The van der Waals surface area contributed by atoms with Crippen molar-refractivity contribution >= 4 is 40.8 Å². The fourth-order valence-corrected chi connectivity index (χ4v) is 10.4. The molecule has 3 aliphatic rings. The molecule has 4 N–H and O–H groups in total. The lowest BCUT2D eigenvalue weighted by Gasteiger charge is -2.48. The molecule has 3 saturated heterocycles. The first kappa shape index (κ1) is 51.5. The number of esters is 2. The third kappa shape index (κ3) is 10.9. The molecule has 3 aromatic rings. The molecule has 0 spiro atoms. The van der Waals surface area contributed by atoms with Gasteiger partial charge in [-0.2, -0.15) is 0 Å². The van der Waals surface area contributed by atoms with Crippen molar-refractivity contribution in [1.29, 1.82) is 0 Å². The molecule has 20 heteroatoms. The lowest BCUT2D eigenvalue weighted by molar-refractivity contribution is -0.302. The number of hydrazine groups is 1. The van der Waals surface area contributed by atoms with Crippen LogP contribution in [0.4, 0.5) is 10.6 Å². The molecule has 0 radical (unpaired) electrons. The third-order valence-electron chi connectivity index (χ3n) is 14.3. The Morgan fingerprint density at radius 1 is 1.09 bits per heavy atom. The average Bonchev–Trinajstić information content (AvgIpc) is 3.84. The van der Waals surface area contributed by atoms with Gasteiger partial charge in [0.15, 0.2) is 23.4 Å². The molecule has 3 fully saturated rings. The summed E-state index contributed by atoms with van der Waals surface area (Å²) in [4.78, 5) is 76.6. The van der Waals surface area contributed by atoms with Crippen LogP contribution in [-0.2, 0) is 55.8 Å². The normalized spacial score (nSPS) is 34.4. The van der Waals surface area contributed by atoms with Crippen LogP contribution in [0, 0.1) is 23.7 Å².